The molecule has 2 aromatic carbocycles. The van der Waals surface area contributed by atoms with Crippen molar-refractivity contribution in [1.29, 1.82) is 0 Å². The monoisotopic (exact) mass is 421 g/mol. The van der Waals surface area contributed by atoms with Crippen LogP contribution in [0.1, 0.15) is 30.4 Å². The molecule has 1 unspecified atom stereocenters. The molecule has 1 N–H and O–H groups in total. The largest absolute Gasteiger partial charge is 0.445 e. The van der Waals surface area contributed by atoms with Crippen LogP contribution in [0.2, 0.25) is 0 Å². The van der Waals surface area contributed by atoms with E-state index in [1.54, 1.807) is 0 Å². The maximum atomic E-state index is 13.4. The van der Waals surface area contributed by atoms with Gasteiger partial charge in [-0.2, -0.15) is 0 Å². The van der Waals surface area contributed by atoms with Gasteiger partial charge in [-0.25, -0.2) is 4.79 Å². The zero-order chi connectivity index (χ0) is 21.5. The summed E-state index contributed by atoms with van der Waals surface area (Å²) in [6.07, 6.45) is 3.38. The minimum atomic E-state index is -0.636. The number of hydrogen-bond acceptors (Lipinski definition) is 4. The van der Waals surface area contributed by atoms with Crippen LogP contribution in [0.25, 0.3) is 0 Å². The Morgan fingerprint density at radius 2 is 1.58 bits per heavy atom. The fourth-order valence-electron chi connectivity index (χ4n) is 4.52. The number of hydrogen-bond donors (Lipinski definition) is 1. The summed E-state index contributed by atoms with van der Waals surface area (Å²) in [5, 5.41) is 2.83. The smallest absolute Gasteiger partial charge is 0.408 e. The SMILES string of the molecule is O=C(N[C@@H](Cc1ccccc1)C(=O)N1CCC(N2CCCC2)C1)OCc1ccccc1. The van der Waals surface area contributed by atoms with Crippen molar-refractivity contribution >= 4 is 12.0 Å². The number of rotatable bonds is 7. The van der Waals surface area contributed by atoms with E-state index in [0.29, 0.717) is 12.5 Å². The topological polar surface area (TPSA) is 61.9 Å². The molecule has 2 fully saturated rings. The number of carbonyl (C=O) groups excluding carboxylic acids is 2. The first kappa shape index (κ1) is 21.4. The highest BCUT2D eigenvalue weighted by atomic mass is 16.5. The lowest BCUT2D eigenvalue weighted by Crippen LogP contribution is -2.50. The summed E-state index contributed by atoms with van der Waals surface area (Å²) >= 11 is 0. The molecule has 0 radical (unpaired) electrons. The molecule has 2 saturated heterocycles. The highest BCUT2D eigenvalue weighted by molar-refractivity contribution is 5.86. The van der Waals surface area contributed by atoms with Gasteiger partial charge in [0, 0.05) is 25.6 Å². The van der Waals surface area contributed by atoms with Crippen molar-refractivity contribution in [2.75, 3.05) is 26.2 Å². The maximum absolute atomic E-state index is 13.4. The van der Waals surface area contributed by atoms with Crippen molar-refractivity contribution in [2.45, 2.75) is 44.4 Å². The Hall–Kier alpha value is -2.86. The van der Waals surface area contributed by atoms with Gasteiger partial charge in [0.1, 0.15) is 12.6 Å². The van der Waals surface area contributed by atoms with Crippen molar-refractivity contribution in [3.63, 3.8) is 0 Å². The molecule has 0 aliphatic carbocycles. The first-order valence-corrected chi connectivity index (χ1v) is 11.2. The summed E-state index contributed by atoms with van der Waals surface area (Å²) in [5.74, 6) is -0.0257. The van der Waals surface area contributed by atoms with E-state index in [1.165, 1.54) is 12.8 Å². The van der Waals surface area contributed by atoms with Crippen LogP contribution >= 0.6 is 0 Å². The van der Waals surface area contributed by atoms with Gasteiger partial charge in [0.05, 0.1) is 0 Å². The van der Waals surface area contributed by atoms with Gasteiger partial charge in [-0.3, -0.25) is 9.69 Å². The molecule has 2 aliphatic heterocycles. The predicted octanol–water partition coefficient (Wildman–Crippen LogP) is 3.22. The van der Waals surface area contributed by atoms with E-state index in [1.807, 2.05) is 65.6 Å². The quantitative estimate of drug-likeness (QED) is 0.746. The Labute approximate surface area is 184 Å². The van der Waals surface area contributed by atoms with Crippen molar-refractivity contribution < 1.29 is 14.3 Å². The van der Waals surface area contributed by atoms with Crippen molar-refractivity contribution in [3.8, 4) is 0 Å². The molecular formula is C25H31N3O3. The van der Waals surface area contributed by atoms with Gasteiger partial charge in [0.2, 0.25) is 5.91 Å². The molecule has 2 heterocycles. The average Bonchev–Trinajstić information content (AvgIpc) is 3.50. The minimum Gasteiger partial charge on any atom is -0.445 e. The van der Waals surface area contributed by atoms with Gasteiger partial charge in [0.25, 0.3) is 0 Å². The van der Waals surface area contributed by atoms with Crippen LogP contribution in [0.3, 0.4) is 0 Å². The van der Waals surface area contributed by atoms with Gasteiger partial charge in [-0.05, 0) is 43.5 Å². The molecule has 4 rings (SSSR count). The molecular weight excluding hydrogens is 390 g/mol. The van der Waals surface area contributed by atoms with Crippen LogP contribution in [-0.4, -0.2) is 60.1 Å². The number of nitrogens with zero attached hydrogens (tertiary/aromatic N) is 2. The minimum absolute atomic E-state index is 0.0257. The summed E-state index contributed by atoms with van der Waals surface area (Å²) in [6, 6.07) is 19.1. The second-order valence-electron chi connectivity index (χ2n) is 8.42. The fraction of sp³-hybridized carbons (Fsp3) is 0.440. The lowest BCUT2D eigenvalue weighted by Gasteiger charge is -2.26. The van der Waals surface area contributed by atoms with Crippen LogP contribution in [0, 0.1) is 0 Å². The molecule has 164 valence electrons. The summed E-state index contributed by atoms with van der Waals surface area (Å²) in [5.41, 5.74) is 1.93. The maximum Gasteiger partial charge on any atom is 0.408 e. The molecule has 0 bridgehead atoms. The average molecular weight is 422 g/mol. The number of nitrogens with one attached hydrogen (secondary N) is 1. The Balaban J connectivity index is 1.38. The Kier molecular flexibility index (Phi) is 7.20. The van der Waals surface area contributed by atoms with E-state index in [9.17, 15) is 9.59 Å². The van der Waals surface area contributed by atoms with E-state index in [2.05, 4.69) is 10.2 Å². The van der Waals surface area contributed by atoms with Crippen molar-refractivity contribution in [3.05, 3.63) is 71.8 Å². The molecule has 2 aliphatic rings. The third-order valence-corrected chi connectivity index (χ3v) is 6.22. The summed E-state index contributed by atoms with van der Waals surface area (Å²) in [4.78, 5) is 30.3. The van der Waals surface area contributed by atoms with E-state index < -0.39 is 12.1 Å². The first-order chi connectivity index (χ1) is 15.2. The number of carbonyl (C=O) groups is 2. The molecule has 2 atom stereocenters. The van der Waals surface area contributed by atoms with Crippen LogP contribution < -0.4 is 5.32 Å². The van der Waals surface area contributed by atoms with Crippen LogP contribution in [0.4, 0.5) is 4.79 Å². The number of likely N-dealkylation sites (tertiary alicyclic amines) is 2. The second-order valence-corrected chi connectivity index (χ2v) is 8.42. The van der Waals surface area contributed by atoms with Crippen LogP contribution in [0.5, 0.6) is 0 Å². The normalized spacial score (nSPS) is 19.9. The van der Waals surface area contributed by atoms with Crippen LogP contribution in [-0.2, 0) is 22.6 Å². The van der Waals surface area contributed by atoms with Gasteiger partial charge < -0.3 is 15.0 Å². The molecule has 6 nitrogen and oxygen atoms in total. The Morgan fingerprint density at radius 1 is 0.935 bits per heavy atom. The first-order valence-electron chi connectivity index (χ1n) is 11.2. The summed E-state index contributed by atoms with van der Waals surface area (Å²) in [7, 11) is 0. The van der Waals surface area contributed by atoms with Crippen LogP contribution in [0.15, 0.2) is 60.7 Å². The molecule has 0 aromatic heterocycles. The predicted molar refractivity (Wildman–Crippen MR) is 119 cm³/mol. The van der Waals surface area contributed by atoms with Gasteiger partial charge in [-0.15, -0.1) is 0 Å². The molecule has 0 spiro atoms. The lowest BCUT2D eigenvalue weighted by atomic mass is 10.1. The van der Waals surface area contributed by atoms with Gasteiger partial charge >= 0.3 is 6.09 Å². The summed E-state index contributed by atoms with van der Waals surface area (Å²) < 4.78 is 5.38. The highest BCUT2D eigenvalue weighted by Crippen LogP contribution is 2.21. The van der Waals surface area contributed by atoms with E-state index in [0.717, 1.165) is 43.7 Å². The van der Waals surface area contributed by atoms with Crippen molar-refractivity contribution in [1.82, 2.24) is 15.1 Å². The molecule has 6 heteroatoms. The standard InChI is InChI=1S/C25H31N3O3/c29-24(28-16-13-22(18-28)27-14-7-8-15-27)23(17-20-9-3-1-4-10-20)26-25(30)31-19-21-11-5-2-6-12-21/h1-6,9-12,22-23H,7-8,13-19H2,(H,26,30)/t22?,23-/m0/s1. The zero-order valence-electron chi connectivity index (χ0n) is 17.9. The van der Waals surface area contributed by atoms with E-state index in [-0.39, 0.29) is 12.5 Å². The van der Waals surface area contributed by atoms with Gasteiger partial charge in [0.15, 0.2) is 0 Å². The molecule has 0 saturated carbocycles. The highest BCUT2D eigenvalue weighted by Gasteiger charge is 2.35. The number of amides is 2. The Bertz CT molecular complexity index is 853. The molecule has 2 amide bonds. The van der Waals surface area contributed by atoms with E-state index in [4.69, 9.17) is 4.74 Å². The van der Waals surface area contributed by atoms with Gasteiger partial charge in [-0.1, -0.05) is 60.7 Å². The third-order valence-electron chi connectivity index (χ3n) is 6.22. The summed E-state index contributed by atoms with van der Waals surface area (Å²) in [6.45, 7) is 3.92. The number of alkyl carbamates (subject to hydrolysis) is 1. The Morgan fingerprint density at radius 3 is 2.26 bits per heavy atom. The molecule has 2 aromatic rings. The third kappa shape index (κ3) is 5.85. The van der Waals surface area contributed by atoms with Crippen molar-refractivity contribution in [2.24, 2.45) is 0 Å². The zero-order valence-corrected chi connectivity index (χ0v) is 17.9. The van der Waals surface area contributed by atoms with E-state index >= 15 is 0 Å². The number of benzene rings is 2. The number of ether oxygens (including phenoxy) is 1. The fourth-order valence-corrected chi connectivity index (χ4v) is 4.52. The molecule has 31 heavy (non-hydrogen) atoms. The lowest BCUT2D eigenvalue weighted by molar-refractivity contribution is -0.132. The second kappa shape index (κ2) is 10.4.